The van der Waals surface area contributed by atoms with Crippen LogP contribution in [-0.4, -0.2) is 23.9 Å². The van der Waals surface area contributed by atoms with Crippen LogP contribution in [0, 0.1) is 0 Å². The van der Waals surface area contributed by atoms with Gasteiger partial charge in [0.05, 0.1) is 0 Å². The molecular weight excluding hydrogens is 300 g/mol. The summed E-state index contributed by atoms with van der Waals surface area (Å²) in [4.78, 5) is 25.0. The second-order valence-corrected chi connectivity index (χ2v) is 7.39. The fourth-order valence-corrected chi connectivity index (χ4v) is 4.09. The molecule has 4 heteroatoms. The summed E-state index contributed by atoms with van der Waals surface area (Å²) in [7, 11) is 0. The van der Waals surface area contributed by atoms with Crippen LogP contribution < -0.4 is 10.6 Å². The largest absolute Gasteiger partial charge is 0.348 e. The Balaban J connectivity index is 1.58. The lowest BCUT2D eigenvalue weighted by Gasteiger charge is -2.33. The third kappa shape index (κ3) is 4.49. The summed E-state index contributed by atoms with van der Waals surface area (Å²) in [5.74, 6) is 0.162. The highest BCUT2D eigenvalue weighted by Gasteiger charge is 2.29. The van der Waals surface area contributed by atoms with Crippen molar-refractivity contribution in [2.45, 2.75) is 89.1 Å². The summed E-state index contributed by atoms with van der Waals surface area (Å²) in [5, 5.41) is 6.41. The van der Waals surface area contributed by atoms with Gasteiger partial charge in [0.25, 0.3) is 0 Å². The van der Waals surface area contributed by atoms with Gasteiger partial charge < -0.3 is 10.6 Å². The van der Waals surface area contributed by atoms with Gasteiger partial charge in [-0.05, 0) is 64.2 Å². The minimum Gasteiger partial charge on any atom is -0.348 e. The first-order chi connectivity index (χ1) is 11.7. The summed E-state index contributed by atoms with van der Waals surface area (Å²) in [6.07, 6.45) is 16.8. The molecule has 2 atom stereocenters. The molecule has 1 fully saturated rings. The summed E-state index contributed by atoms with van der Waals surface area (Å²) in [5.41, 5.74) is 1.87. The minimum atomic E-state index is 0.0715. The maximum atomic E-state index is 12.5. The van der Waals surface area contributed by atoms with Crippen molar-refractivity contribution < 1.29 is 9.59 Å². The van der Waals surface area contributed by atoms with Crippen LogP contribution in [0.2, 0.25) is 0 Å². The van der Waals surface area contributed by atoms with Gasteiger partial charge >= 0.3 is 0 Å². The van der Waals surface area contributed by atoms with Crippen molar-refractivity contribution >= 4 is 11.8 Å². The van der Waals surface area contributed by atoms with Crippen LogP contribution in [-0.2, 0) is 9.59 Å². The van der Waals surface area contributed by atoms with Crippen molar-refractivity contribution in [2.24, 2.45) is 0 Å². The van der Waals surface area contributed by atoms with Crippen LogP contribution in [0.3, 0.4) is 0 Å². The van der Waals surface area contributed by atoms with Crippen molar-refractivity contribution in [1.82, 2.24) is 10.6 Å². The molecule has 2 amide bonds. The van der Waals surface area contributed by atoms with Gasteiger partial charge in [-0.15, -0.1) is 0 Å². The van der Waals surface area contributed by atoms with Crippen molar-refractivity contribution in [1.29, 1.82) is 0 Å². The van der Waals surface area contributed by atoms with E-state index in [1.165, 1.54) is 12.8 Å². The summed E-state index contributed by atoms with van der Waals surface area (Å²) >= 11 is 0. The molecule has 3 rings (SSSR count). The van der Waals surface area contributed by atoms with Crippen LogP contribution in [0.4, 0.5) is 0 Å². The molecule has 24 heavy (non-hydrogen) atoms. The van der Waals surface area contributed by atoms with Gasteiger partial charge in [0.2, 0.25) is 11.8 Å². The van der Waals surface area contributed by atoms with Gasteiger partial charge in [-0.1, -0.05) is 25.0 Å². The van der Waals surface area contributed by atoms with Crippen molar-refractivity contribution in [3.63, 3.8) is 0 Å². The summed E-state index contributed by atoms with van der Waals surface area (Å²) < 4.78 is 0. The van der Waals surface area contributed by atoms with E-state index in [4.69, 9.17) is 0 Å². The Morgan fingerprint density at radius 3 is 1.54 bits per heavy atom. The molecule has 0 radical (unpaired) electrons. The van der Waals surface area contributed by atoms with Gasteiger partial charge in [0, 0.05) is 23.2 Å². The molecule has 1 saturated carbocycles. The van der Waals surface area contributed by atoms with Crippen molar-refractivity contribution in [2.75, 3.05) is 0 Å². The first-order valence-corrected chi connectivity index (χ1v) is 9.74. The number of nitrogens with one attached hydrogen (secondary N) is 2. The molecule has 2 N–H and O–H groups in total. The van der Waals surface area contributed by atoms with E-state index in [2.05, 4.69) is 22.8 Å². The van der Waals surface area contributed by atoms with Crippen molar-refractivity contribution in [3.8, 4) is 0 Å². The molecule has 0 saturated heterocycles. The van der Waals surface area contributed by atoms with E-state index >= 15 is 0 Å². The van der Waals surface area contributed by atoms with Gasteiger partial charge in [-0.3, -0.25) is 9.59 Å². The Morgan fingerprint density at radius 2 is 1.17 bits per heavy atom. The van der Waals surface area contributed by atoms with E-state index in [0.29, 0.717) is 0 Å². The maximum Gasteiger partial charge on any atom is 0.247 e. The number of rotatable bonds is 4. The van der Waals surface area contributed by atoms with Gasteiger partial charge in [-0.2, -0.15) is 0 Å². The Labute approximate surface area is 145 Å². The van der Waals surface area contributed by atoms with Gasteiger partial charge in [0.1, 0.15) is 0 Å². The third-order valence-corrected chi connectivity index (χ3v) is 5.56. The monoisotopic (exact) mass is 330 g/mol. The first-order valence-electron chi connectivity index (χ1n) is 9.74. The van der Waals surface area contributed by atoms with E-state index in [9.17, 15) is 9.59 Å². The smallest absolute Gasteiger partial charge is 0.247 e. The summed E-state index contributed by atoms with van der Waals surface area (Å²) in [6.45, 7) is 0. The molecule has 3 aliphatic rings. The van der Waals surface area contributed by atoms with E-state index in [1.54, 1.807) is 0 Å². The average molecular weight is 330 g/mol. The molecule has 0 aromatic heterocycles. The zero-order chi connectivity index (χ0) is 16.8. The number of hydrogen-bond acceptors (Lipinski definition) is 2. The van der Waals surface area contributed by atoms with Crippen LogP contribution in [0.25, 0.3) is 0 Å². The number of amides is 2. The normalized spacial score (nSPS) is 27.7. The van der Waals surface area contributed by atoms with Crippen LogP contribution in [0.1, 0.15) is 77.0 Å². The highest BCUT2D eigenvalue weighted by Crippen LogP contribution is 2.23. The molecule has 4 nitrogen and oxygen atoms in total. The second kappa shape index (κ2) is 8.50. The Hall–Kier alpha value is -1.58. The van der Waals surface area contributed by atoms with E-state index in [-0.39, 0.29) is 23.9 Å². The zero-order valence-corrected chi connectivity index (χ0v) is 14.6. The molecule has 0 aromatic carbocycles. The zero-order valence-electron chi connectivity index (χ0n) is 14.6. The number of allylic oxidation sites excluding steroid dienone is 2. The lowest BCUT2D eigenvalue weighted by molar-refractivity contribution is -0.121. The standard InChI is InChI=1S/C20H30N2O2/c23-19(15-9-3-1-4-10-15)21-17-13-7-8-14-18(17)22-20(24)16-11-5-2-6-12-16/h9,11,17-18H,1-8,10,12-14H2,(H,21,23)(H,22,24)/t17-,18-/m1/s1. The lowest BCUT2D eigenvalue weighted by Crippen LogP contribution is -2.53. The number of carbonyl (C=O) groups is 2. The van der Waals surface area contributed by atoms with Crippen molar-refractivity contribution in [3.05, 3.63) is 23.3 Å². The fourth-order valence-electron chi connectivity index (χ4n) is 4.09. The molecule has 0 heterocycles. The lowest BCUT2D eigenvalue weighted by atomic mass is 9.89. The van der Waals surface area contributed by atoms with Crippen LogP contribution in [0.5, 0.6) is 0 Å². The summed E-state index contributed by atoms with van der Waals surface area (Å²) in [6, 6.07) is 0.143. The topological polar surface area (TPSA) is 58.2 Å². The third-order valence-electron chi connectivity index (χ3n) is 5.56. The minimum absolute atomic E-state index is 0.0715. The molecule has 0 unspecified atom stereocenters. The average Bonchev–Trinajstić information content (AvgIpc) is 2.64. The SMILES string of the molecule is O=C(N[C@@H]1CCCC[C@H]1NC(=O)C1=CCCCC1)C1=CCCCC1. The van der Waals surface area contributed by atoms with E-state index < -0.39 is 0 Å². The van der Waals surface area contributed by atoms with E-state index in [1.807, 2.05) is 0 Å². The first kappa shape index (κ1) is 17.2. The fraction of sp³-hybridized carbons (Fsp3) is 0.700. The molecule has 132 valence electrons. The molecule has 0 bridgehead atoms. The van der Waals surface area contributed by atoms with Gasteiger partial charge in [-0.25, -0.2) is 0 Å². The maximum absolute atomic E-state index is 12.5. The van der Waals surface area contributed by atoms with Gasteiger partial charge in [0.15, 0.2) is 0 Å². The van der Waals surface area contributed by atoms with Crippen LogP contribution in [0.15, 0.2) is 23.3 Å². The van der Waals surface area contributed by atoms with E-state index in [0.717, 1.165) is 75.4 Å². The molecule has 0 spiro atoms. The predicted molar refractivity (Wildman–Crippen MR) is 95.4 cm³/mol. The molecule has 0 aromatic rings. The number of carbonyl (C=O) groups excluding carboxylic acids is 2. The Kier molecular flexibility index (Phi) is 6.11. The highest BCUT2D eigenvalue weighted by atomic mass is 16.2. The Morgan fingerprint density at radius 1 is 0.708 bits per heavy atom. The Bertz CT molecular complexity index is 488. The molecular formula is C20H30N2O2. The number of hydrogen-bond donors (Lipinski definition) is 2. The predicted octanol–water partition coefficient (Wildman–Crippen LogP) is 3.53. The van der Waals surface area contributed by atoms with Crippen LogP contribution >= 0.6 is 0 Å². The second-order valence-electron chi connectivity index (χ2n) is 7.39. The quantitative estimate of drug-likeness (QED) is 0.828. The molecule has 0 aliphatic heterocycles. The highest BCUT2D eigenvalue weighted by molar-refractivity contribution is 5.95. The molecule has 3 aliphatic carbocycles.